The number of nitrogens with zero attached hydrogens (tertiary/aromatic N) is 1. The van der Waals surface area contributed by atoms with Gasteiger partial charge in [0.2, 0.25) is 0 Å². The van der Waals surface area contributed by atoms with Crippen LogP contribution in [0.25, 0.3) is 0 Å². The molecule has 1 heterocycles. The molecule has 0 aromatic rings. The Bertz CT molecular complexity index is 197. The molecule has 0 amide bonds. The van der Waals surface area contributed by atoms with Gasteiger partial charge in [0.1, 0.15) is 18.5 Å². The van der Waals surface area contributed by atoms with Crippen molar-refractivity contribution in [2.75, 3.05) is 13.2 Å². The van der Waals surface area contributed by atoms with E-state index in [2.05, 4.69) is 10.5 Å². The van der Waals surface area contributed by atoms with Gasteiger partial charge in [-0.1, -0.05) is 22.8 Å². The van der Waals surface area contributed by atoms with Gasteiger partial charge in [-0.15, -0.1) is 12.4 Å². The van der Waals surface area contributed by atoms with Crippen molar-refractivity contribution in [3.8, 4) is 0 Å². The Morgan fingerprint density at radius 3 is 3.23 bits per heavy atom. The van der Waals surface area contributed by atoms with E-state index in [1.807, 2.05) is 6.08 Å². The average Bonchev–Trinajstić information content (AvgIpc) is 2.09. The van der Waals surface area contributed by atoms with Gasteiger partial charge >= 0.3 is 0 Å². The fourth-order valence-electron chi connectivity index (χ4n) is 0.998. The average molecular weight is 227 g/mol. The Morgan fingerprint density at radius 2 is 2.62 bits per heavy atom. The zero-order valence-electron chi connectivity index (χ0n) is 6.94. The van der Waals surface area contributed by atoms with Gasteiger partial charge < -0.3 is 9.94 Å². The predicted octanol–water partition coefficient (Wildman–Crippen LogP) is 0.845. The summed E-state index contributed by atoms with van der Waals surface area (Å²) in [7, 11) is 0. The zero-order valence-corrected chi connectivity index (χ0v) is 8.51. The molecular weight excluding hydrogens is 215 g/mol. The van der Waals surface area contributed by atoms with E-state index in [1.165, 1.54) is 0 Å². The van der Waals surface area contributed by atoms with E-state index in [4.69, 9.17) is 16.4 Å². The summed E-state index contributed by atoms with van der Waals surface area (Å²) in [5, 5.41) is 15.6. The Hall–Kier alpha value is -0.290. The Kier molecular flexibility index (Phi) is 6.99. The van der Waals surface area contributed by atoms with Crippen LogP contribution in [0.1, 0.15) is 6.42 Å². The van der Waals surface area contributed by atoms with Gasteiger partial charge in [0.15, 0.2) is 0 Å². The molecule has 2 N–H and O–H groups in total. The molecule has 1 unspecified atom stereocenters. The van der Waals surface area contributed by atoms with Gasteiger partial charge in [0, 0.05) is 12.1 Å². The van der Waals surface area contributed by atoms with E-state index < -0.39 is 6.23 Å². The smallest absolute Gasteiger partial charge is 0.142 e. The summed E-state index contributed by atoms with van der Waals surface area (Å²) in [5.41, 5.74) is 1.84. The Balaban J connectivity index is 0.00000144. The highest BCUT2D eigenvalue weighted by atomic mass is 35.5. The molecule has 6 heteroatoms. The third-order valence-electron chi connectivity index (χ3n) is 1.59. The van der Waals surface area contributed by atoms with Gasteiger partial charge in [0.05, 0.1) is 0 Å². The molecule has 0 spiro atoms. The van der Waals surface area contributed by atoms with Crippen LogP contribution in [0.4, 0.5) is 0 Å². The minimum absolute atomic E-state index is 0. The van der Waals surface area contributed by atoms with Crippen LogP contribution >= 0.6 is 24.0 Å². The van der Waals surface area contributed by atoms with Crippen LogP contribution in [-0.2, 0) is 4.84 Å². The topological polar surface area (TPSA) is 53.8 Å². The largest absolute Gasteiger partial charge is 0.390 e. The van der Waals surface area contributed by atoms with Crippen LogP contribution in [0.5, 0.6) is 0 Å². The summed E-state index contributed by atoms with van der Waals surface area (Å²) in [6.07, 6.45) is 2.23. The first-order chi connectivity index (χ1) is 5.84. The first-order valence-corrected chi connectivity index (χ1v) is 4.12. The minimum Gasteiger partial charge on any atom is -0.390 e. The van der Waals surface area contributed by atoms with Gasteiger partial charge in [-0.2, -0.15) is 0 Å². The third-order valence-corrected chi connectivity index (χ3v) is 1.67. The van der Waals surface area contributed by atoms with E-state index in [-0.39, 0.29) is 19.0 Å². The lowest BCUT2D eigenvalue weighted by Gasteiger charge is -2.19. The minimum atomic E-state index is -0.607. The SMILES string of the molecule is Cl.OC1NCCC=C1CON=CCl. The maximum Gasteiger partial charge on any atom is 0.142 e. The van der Waals surface area contributed by atoms with Crippen molar-refractivity contribution in [3.05, 3.63) is 11.6 Å². The number of hydrogen-bond acceptors (Lipinski definition) is 4. The second kappa shape index (κ2) is 7.15. The molecule has 1 aliphatic rings. The van der Waals surface area contributed by atoms with Crippen molar-refractivity contribution in [2.24, 2.45) is 5.16 Å². The van der Waals surface area contributed by atoms with Crippen LogP contribution in [-0.4, -0.2) is 30.2 Å². The fraction of sp³-hybridized carbons (Fsp3) is 0.571. The number of halogens is 2. The van der Waals surface area contributed by atoms with Crippen LogP contribution in [0.2, 0.25) is 0 Å². The molecule has 1 atom stereocenters. The highest BCUT2D eigenvalue weighted by Crippen LogP contribution is 2.07. The first-order valence-electron chi connectivity index (χ1n) is 3.69. The normalized spacial score (nSPS) is 22.3. The number of rotatable bonds is 3. The number of oxime groups is 1. The fourth-order valence-corrected chi connectivity index (χ4v) is 1.05. The molecule has 1 aliphatic heterocycles. The Morgan fingerprint density at radius 1 is 1.85 bits per heavy atom. The second-order valence-corrected chi connectivity index (χ2v) is 2.60. The van der Waals surface area contributed by atoms with Crippen LogP contribution in [0.15, 0.2) is 16.8 Å². The summed E-state index contributed by atoms with van der Waals surface area (Å²) < 4.78 is 0. The van der Waals surface area contributed by atoms with Gasteiger partial charge in [0.25, 0.3) is 0 Å². The first kappa shape index (κ1) is 12.7. The molecule has 76 valence electrons. The van der Waals surface area contributed by atoms with Crippen molar-refractivity contribution in [2.45, 2.75) is 12.6 Å². The molecule has 0 saturated carbocycles. The molecule has 0 saturated heterocycles. The van der Waals surface area contributed by atoms with Crippen molar-refractivity contribution in [1.82, 2.24) is 5.32 Å². The summed E-state index contributed by atoms with van der Waals surface area (Å²) in [4.78, 5) is 4.76. The van der Waals surface area contributed by atoms with Gasteiger partial charge in [-0.3, -0.25) is 5.32 Å². The number of nitrogens with one attached hydrogen (secondary N) is 1. The Labute approximate surface area is 88.0 Å². The number of aliphatic hydroxyl groups excluding tert-OH is 1. The molecule has 1 rings (SSSR count). The zero-order chi connectivity index (χ0) is 8.81. The molecule has 4 nitrogen and oxygen atoms in total. The maximum absolute atomic E-state index is 9.32. The van der Waals surface area contributed by atoms with Crippen molar-refractivity contribution >= 4 is 29.7 Å². The molecule has 0 aromatic heterocycles. The van der Waals surface area contributed by atoms with Gasteiger partial charge in [-0.25, -0.2) is 0 Å². The molecule has 13 heavy (non-hydrogen) atoms. The van der Waals surface area contributed by atoms with E-state index in [0.717, 1.165) is 24.2 Å². The van der Waals surface area contributed by atoms with Crippen molar-refractivity contribution in [3.63, 3.8) is 0 Å². The summed E-state index contributed by atoms with van der Waals surface area (Å²) in [5.74, 6) is 0. The lowest BCUT2D eigenvalue weighted by molar-refractivity contribution is 0.115. The lowest BCUT2D eigenvalue weighted by Crippen LogP contribution is -2.35. The predicted molar refractivity (Wildman–Crippen MR) is 54.3 cm³/mol. The maximum atomic E-state index is 9.32. The van der Waals surface area contributed by atoms with Crippen LogP contribution < -0.4 is 5.32 Å². The number of aliphatic hydroxyl groups is 1. The lowest BCUT2D eigenvalue weighted by atomic mass is 10.1. The van der Waals surface area contributed by atoms with E-state index in [0.29, 0.717) is 0 Å². The molecule has 0 aliphatic carbocycles. The van der Waals surface area contributed by atoms with E-state index in [9.17, 15) is 5.11 Å². The van der Waals surface area contributed by atoms with Gasteiger partial charge in [-0.05, 0) is 6.42 Å². The molecule has 0 aromatic carbocycles. The highest BCUT2D eigenvalue weighted by molar-refractivity contribution is 6.56. The number of hydrogen-bond donors (Lipinski definition) is 2. The highest BCUT2D eigenvalue weighted by Gasteiger charge is 2.13. The van der Waals surface area contributed by atoms with E-state index in [1.54, 1.807) is 0 Å². The second-order valence-electron chi connectivity index (χ2n) is 2.40. The summed E-state index contributed by atoms with van der Waals surface area (Å²) in [6.45, 7) is 1.07. The third kappa shape index (κ3) is 4.47. The summed E-state index contributed by atoms with van der Waals surface area (Å²) >= 11 is 5.14. The van der Waals surface area contributed by atoms with Crippen molar-refractivity contribution < 1.29 is 9.94 Å². The van der Waals surface area contributed by atoms with Crippen LogP contribution in [0.3, 0.4) is 0 Å². The molecule has 0 bridgehead atoms. The van der Waals surface area contributed by atoms with Crippen LogP contribution in [0, 0.1) is 0 Å². The quantitative estimate of drug-likeness (QED) is 0.427. The van der Waals surface area contributed by atoms with E-state index >= 15 is 0 Å². The monoisotopic (exact) mass is 226 g/mol. The molecule has 0 fully saturated rings. The molecule has 0 radical (unpaired) electrons. The molecular formula is C7H12Cl2N2O2. The summed E-state index contributed by atoms with van der Waals surface area (Å²) in [6, 6.07) is 0. The standard InChI is InChI=1S/C7H11ClN2O2.ClH/c8-5-10-12-4-6-2-1-3-9-7(6)11;/h2,5,7,9,11H,1,3-4H2;1H. The van der Waals surface area contributed by atoms with Crippen molar-refractivity contribution in [1.29, 1.82) is 0 Å².